The van der Waals surface area contributed by atoms with E-state index in [4.69, 9.17) is 0 Å². The van der Waals surface area contributed by atoms with Gasteiger partial charge in [-0.1, -0.05) is 24.3 Å². The number of amides is 2. The smallest absolute Gasteiger partial charge is 0.272 e. The van der Waals surface area contributed by atoms with Gasteiger partial charge in [0.2, 0.25) is 0 Å². The Hall–Kier alpha value is -4.07. The van der Waals surface area contributed by atoms with Crippen molar-refractivity contribution in [1.82, 2.24) is 5.32 Å². The van der Waals surface area contributed by atoms with Crippen LogP contribution in [0.4, 0.5) is 5.69 Å². The first-order valence-electron chi connectivity index (χ1n) is 10.3. The molecule has 2 amide bonds. The van der Waals surface area contributed by atoms with Crippen molar-refractivity contribution in [2.45, 2.75) is 0 Å². The van der Waals surface area contributed by atoms with E-state index in [9.17, 15) is 14.4 Å². The van der Waals surface area contributed by atoms with Gasteiger partial charge in [0.25, 0.3) is 11.8 Å². The minimum Gasteiger partial charge on any atom is -0.321 e. The van der Waals surface area contributed by atoms with E-state index in [-0.39, 0.29) is 17.4 Å². The summed E-state index contributed by atoms with van der Waals surface area (Å²) in [5, 5.41) is 13.2. The summed E-state index contributed by atoms with van der Waals surface area (Å²) in [5.41, 5.74) is 3.37. The molecule has 0 aliphatic rings. The van der Waals surface area contributed by atoms with Crippen molar-refractivity contribution < 1.29 is 14.4 Å². The fraction of sp³-hybridized carbons (Fsp3) is 0. The van der Waals surface area contributed by atoms with Crippen molar-refractivity contribution >= 4 is 58.1 Å². The minimum absolute atomic E-state index is 0.117. The zero-order valence-electron chi connectivity index (χ0n) is 17.9. The topological polar surface area (TPSA) is 75.3 Å². The van der Waals surface area contributed by atoms with Crippen molar-refractivity contribution in [3.05, 3.63) is 122 Å². The van der Waals surface area contributed by atoms with Crippen LogP contribution in [-0.4, -0.2) is 17.6 Å². The normalized spacial score (nSPS) is 11.4. The van der Waals surface area contributed by atoms with Crippen LogP contribution >= 0.6 is 22.7 Å². The van der Waals surface area contributed by atoms with Gasteiger partial charge < -0.3 is 10.6 Å². The number of hydrogen-bond acceptors (Lipinski definition) is 5. The molecule has 0 unspecified atom stereocenters. The highest BCUT2D eigenvalue weighted by Crippen LogP contribution is 2.15. The number of carbonyl (C=O) groups excluding carboxylic acids is 3. The van der Waals surface area contributed by atoms with Crippen molar-refractivity contribution in [3.63, 3.8) is 0 Å². The number of nitrogens with one attached hydrogen (secondary N) is 2. The molecule has 4 rings (SSSR count). The fourth-order valence-corrected chi connectivity index (χ4v) is 4.27. The van der Waals surface area contributed by atoms with Gasteiger partial charge in [-0.2, -0.15) is 22.7 Å². The second-order valence-corrected chi connectivity index (χ2v) is 8.78. The molecule has 168 valence electrons. The molecule has 0 spiro atoms. The largest absolute Gasteiger partial charge is 0.321 e. The van der Waals surface area contributed by atoms with E-state index in [2.05, 4.69) is 10.6 Å². The number of thiophene rings is 2. The molecule has 2 N–H and O–H groups in total. The predicted molar refractivity (Wildman–Crippen MR) is 139 cm³/mol. The maximum absolute atomic E-state index is 13.0. The average Bonchev–Trinajstić information content (AvgIpc) is 3.57. The first-order valence-corrected chi connectivity index (χ1v) is 12.2. The number of allylic oxidation sites excluding steroid dienone is 1. The van der Waals surface area contributed by atoms with Crippen LogP contribution < -0.4 is 10.6 Å². The summed E-state index contributed by atoms with van der Waals surface area (Å²) in [6.07, 6.45) is 4.92. The van der Waals surface area contributed by atoms with Gasteiger partial charge in [0, 0.05) is 16.8 Å². The lowest BCUT2D eigenvalue weighted by molar-refractivity contribution is -0.113. The Labute approximate surface area is 205 Å². The van der Waals surface area contributed by atoms with Gasteiger partial charge in [0.05, 0.1) is 0 Å². The number of rotatable bonds is 8. The lowest BCUT2D eigenvalue weighted by atomic mass is 10.1. The summed E-state index contributed by atoms with van der Waals surface area (Å²) in [6.45, 7) is 0. The molecule has 0 atom stereocenters. The van der Waals surface area contributed by atoms with Crippen molar-refractivity contribution in [2.24, 2.45) is 0 Å². The molecule has 2 aromatic carbocycles. The Morgan fingerprint density at radius 3 is 2.06 bits per heavy atom. The summed E-state index contributed by atoms with van der Waals surface area (Å²) >= 11 is 3.06. The molecule has 0 radical (unpaired) electrons. The quantitative estimate of drug-likeness (QED) is 0.234. The van der Waals surface area contributed by atoms with Crippen LogP contribution in [0.3, 0.4) is 0 Å². The van der Waals surface area contributed by atoms with Crippen LogP contribution in [0.15, 0.2) is 100 Å². The second-order valence-electron chi connectivity index (χ2n) is 7.22. The number of benzene rings is 2. The first kappa shape index (κ1) is 23.1. The molecule has 0 aliphatic carbocycles. The Balaban J connectivity index is 1.46. The van der Waals surface area contributed by atoms with Crippen LogP contribution in [0.5, 0.6) is 0 Å². The van der Waals surface area contributed by atoms with E-state index in [0.29, 0.717) is 16.8 Å². The summed E-state index contributed by atoms with van der Waals surface area (Å²) < 4.78 is 0. The third kappa shape index (κ3) is 6.25. The molecule has 2 heterocycles. The SMILES string of the molecule is O=C(Nc1ccc(C(=O)/C=C/c2ccsc2)cc1)/C(=C/c1ccsc1)NC(=O)c1ccccc1. The molecule has 2 aromatic heterocycles. The third-order valence-electron chi connectivity index (χ3n) is 4.78. The molecule has 5 nitrogen and oxygen atoms in total. The number of ketones is 1. The number of carbonyl (C=O) groups is 3. The van der Waals surface area contributed by atoms with Crippen molar-refractivity contribution in [3.8, 4) is 0 Å². The van der Waals surface area contributed by atoms with Gasteiger partial charge in [-0.25, -0.2) is 0 Å². The Kier molecular flexibility index (Phi) is 7.60. The molecule has 7 heteroatoms. The Bertz CT molecular complexity index is 1320. The van der Waals surface area contributed by atoms with Gasteiger partial charge in [-0.3, -0.25) is 14.4 Å². The van der Waals surface area contributed by atoms with Gasteiger partial charge in [-0.15, -0.1) is 0 Å². The molecule has 0 bridgehead atoms. The molecule has 4 aromatic rings. The molecular formula is C27H20N2O3S2. The monoisotopic (exact) mass is 484 g/mol. The fourth-order valence-electron chi connectivity index (χ4n) is 3.02. The highest BCUT2D eigenvalue weighted by Gasteiger charge is 2.15. The predicted octanol–water partition coefficient (Wildman–Crippen LogP) is 6.12. The average molecular weight is 485 g/mol. The van der Waals surface area contributed by atoms with Crippen LogP contribution in [-0.2, 0) is 4.79 Å². The zero-order valence-corrected chi connectivity index (χ0v) is 19.6. The Morgan fingerprint density at radius 1 is 0.735 bits per heavy atom. The lowest BCUT2D eigenvalue weighted by Gasteiger charge is -2.11. The summed E-state index contributed by atoms with van der Waals surface area (Å²) in [4.78, 5) is 38.0. The summed E-state index contributed by atoms with van der Waals surface area (Å²) in [6, 6.07) is 19.1. The summed E-state index contributed by atoms with van der Waals surface area (Å²) in [7, 11) is 0. The van der Waals surface area contributed by atoms with Gasteiger partial charge in [0.15, 0.2) is 5.78 Å². The van der Waals surface area contributed by atoms with Gasteiger partial charge >= 0.3 is 0 Å². The Morgan fingerprint density at radius 2 is 1.41 bits per heavy atom. The molecule has 0 saturated carbocycles. The molecule has 0 aliphatic heterocycles. The van der Waals surface area contributed by atoms with Crippen molar-refractivity contribution in [2.75, 3.05) is 5.32 Å². The van der Waals surface area contributed by atoms with Crippen LogP contribution in [0.2, 0.25) is 0 Å². The maximum atomic E-state index is 13.0. The lowest BCUT2D eigenvalue weighted by Crippen LogP contribution is -2.30. The molecular weight excluding hydrogens is 464 g/mol. The van der Waals surface area contributed by atoms with E-state index in [1.807, 2.05) is 39.7 Å². The van der Waals surface area contributed by atoms with Gasteiger partial charge in [-0.05, 0) is 93.3 Å². The van der Waals surface area contributed by atoms with E-state index in [1.54, 1.807) is 72.0 Å². The summed E-state index contributed by atoms with van der Waals surface area (Å²) in [5.74, 6) is -0.972. The third-order valence-corrected chi connectivity index (χ3v) is 6.18. The standard InChI is InChI=1S/C27H20N2O3S2/c30-25(11-6-19-12-14-33-17-19)21-7-9-23(10-8-21)28-27(32)24(16-20-13-15-34-18-20)29-26(31)22-4-2-1-3-5-22/h1-18H,(H,28,32)(H,29,31)/b11-6+,24-16-. The van der Waals surface area contributed by atoms with E-state index < -0.39 is 5.91 Å². The maximum Gasteiger partial charge on any atom is 0.272 e. The second kappa shape index (κ2) is 11.2. The number of anilines is 1. The highest BCUT2D eigenvalue weighted by atomic mass is 32.1. The minimum atomic E-state index is -0.466. The molecule has 34 heavy (non-hydrogen) atoms. The van der Waals surface area contributed by atoms with Crippen molar-refractivity contribution in [1.29, 1.82) is 0 Å². The van der Waals surface area contributed by atoms with Crippen LogP contribution in [0.25, 0.3) is 12.2 Å². The van der Waals surface area contributed by atoms with Crippen LogP contribution in [0.1, 0.15) is 31.8 Å². The van der Waals surface area contributed by atoms with E-state index in [0.717, 1.165) is 11.1 Å². The highest BCUT2D eigenvalue weighted by molar-refractivity contribution is 7.08. The van der Waals surface area contributed by atoms with Crippen LogP contribution in [0, 0.1) is 0 Å². The zero-order chi connectivity index (χ0) is 23.8. The number of hydrogen-bond donors (Lipinski definition) is 2. The van der Waals surface area contributed by atoms with E-state index >= 15 is 0 Å². The molecule has 0 fully saturated rings. The molecule has 0 saturated heterocycles. The van der Waals surface area contributed by atoms with E-state index in [1.165, 1.54) is 17.4 Å². The van der Waals surface area contributed by atoms with Gasteiger partial charge in [0.1, 0.15) is 5.70 Å². The first-order chi connectivity index (χ1) is 16.6.